The zero-order chi connectivity index (χ0) is 7.82. The first-order valence-corrected chi connectivity index (χ1v) is 4.13. The van der Waals surface area contributed by atoms with E-state index in [1.807, 2.05) is 13.8 Å². The quantitative estimate of drug-likeness (QED) is 0.470. The van der Waals surface area contributed by atoms with Gasteiger partial charge in [0.1, 0.15) is 0 Å². The van der Waals surface area contributed by atoms with Crippen molar-refractivity contribution < 1.29 is 9.47 Å². The number of alkyl halides is 1. The Bertz CT molecular complexity index is 62.6. The van der Waals surface area contributed by atoms with Crippen molar-refractivity contribution in [3.05, 3.63) is 0 Å². The summed E-state index contributed by atoms with van der Waals surface area (Å²) in [5.41, 5.74) is 0. The molecule has 1 aliphatic heterocycles. The molecule has 1 aliphatic rings. The molecule has 0 radical (unpaired) electrons. The molecule has 10 heavy (non-hydrogen) atoms. The summed E-state index contributed by atoms with van der Waals surface area (Å²) in [7, 11) is 0. The van der Waals surface area contributed by atoms with Crippen molar-refractivity contribution in [2.75, 3.05) is 25.7 Å². The molecule has 0 N–H and O–H groups in total. The van der Waals surface area contributed by atoms with Crippen molar-refractivity contribution in [1.29, 1.82) is 0 Å². The summed E-state index contributed by atoms with van der Waals surface area (Å²) in [4.78, 5) is 0. The zero-order valence-electron chi connectivity index (χ0n) is 6.60. The van der Waals surface area contributed by atoms with E-state index < -0.39 is 0 Å². The maximum atomic E-state index is 5.27. The lowest BCUT2D eigenvalue weighted by Crippen LogP contribution is -1.84. The maximum absolute atomic E-state index is 5.27. The average molecular weight is 167 g/mol. The fraction of sp³-hybridized carbons (Fsp3) is 1.00. The summed E-state index contributed by atoms with van der Waals surface area (Å²) in [5.74, 6) is 0.667. The van der Waals surface area contributed by atoms with E-state index >= 15 is 0 Å². The topological polar surface area (TPSA) is 21.8 Å². The van der Waals surface area contributed by atoms with Gasteiger partial charge in [-0.05, 0) is 13.8 Å². The maximum Gasteiger partial charge on any atom is 0.0944 e. The van der Waals surface area contributed by atoms with Crippen LogP contribution in [-0.4, -0.2) is 31.8 Å². The Labute approximate surface area is 67.5 Å². The lowest BCUT2D eigenvalue weighted by atomic mass is 10.6. The molecule has 2 nitrogen and oxygen atoms in total. The van der Waals surface area contributed by atoms with Crippen molar-refractivity contribution >= 4 is 11.6 Å². The number of epoxide rings is 1. The van der Waals surface area contributed by atoms with Crippen molar-refractivity contribution in [1.82, 2.24) is 0 Å². The molecule has 1 heterocycles. The second-order valence-electron chi connectivity index (χ2n) is 1.89. The Hall–Kier alpha value is 0.210. The standard InChI is InChI=1S/C4H10O.C3H5ClO/c1-3-5-4-2;4-1-3-2-5-3/h3-4H2,1-2H3;3H,1-2H2. The Balaban J connectivity index is 0.000000162. The van der Waals surface area contributed by atoms with E-state index in [0.717, 1.165) is 19.8 Å². The largest absolute Gasteiger partial charge is 0.382 e. The summed E-state index contributed by atoms with van der Waals surface area (Å²) in [6.45, 7) is 6.55. The molecule has 0 bridgehead atoms. The molecule has 0 aromatic rings. The first kappa shape index (κ1) is 10.2. The minimum Gasteiger partial charge on any atom is -0.382 e. The molecule has 0 saturated carbocycles. The average Bonchev–Trinajstić information content (AvgIpc) is 2.72. The molecule has 0 amide bonds. The fourth-order valence-electron chi connectivity index (χ4n) is 0.361. The number of halogens is 1. The molecule has 1 unspecified atom stereocenters. The molecular weight excluding hydrogens is 152 g/mol. The summed E-state index contributed by atoms with van der Waals surface area (Å²) in [5, 5.41) is 0. The van der Waals surface area contributed by atoms with Crippen LogP contribution in [0.15, 0.2) is 0 Å². The summed E-state index contributed by atoms with van der Waals surface area (Å²) in [6, 6.07) is 0. The number of hydrogen-bond donors (Lipinski definition) is 0. The van der Waals surface area contributed by atoms with Gasteiger partial charge in [-0.15, -0.1) is 11.6 Å². The highest BCUT2D eigenvalue weighted by molar-refractivity contribution is 6.18. The van der Waals surface area contributed by atoms with E-state index in [9.17, 15) is 0 Å². The summed E-state index contributed by atoms with van der Waals surface area (Å²) >= 11 is 5.27. The molecule has 1 saturated heterocycles. The van der Waals surface area contributed by atoms with Gasteiger partial charge in [-0.1, -0.05) is 0 Å². The Morgan fingerprint density at radius 2 is 2.00 bits per heavy atom. The van der Waals surface area contributed by atoms with E-state index in [4.69, 9.17) is 21.1 Å². The van der Waals surface area contributed by atoms with Gasteiger partial charge in [0.2, 0.25) is 0 Å². The van der Waals surface area contributed by atoms with E-state index in [1.54, 1.807) is 0 Å². The van der Waals surface area contributed by atoms with Crippen molar-refractivity contribution in [3.8, 4) is 0 Å². The van der Waals surface area contributed by atoms with Crippen LogP contribution < -0.4 is 0 Å². The summed E-state index contributed by atoms with van der Waals surface area (Å²) in [6.07, 6.45) is 0.400. The molecule has 0 spiro atoms. The highest BCUT2D eigenvalue weighted by atomic mass is 35.5. The minimum absolute atomic E-state index is 0.400. The Morgan fingerprint density at radius 1 is 1.50 bits per heavy atom. The zero-order valence-corrected chi connectivity index (χ0v) is 7.36. The molecule has 3 heteroatoms. The van der Waals surface area contributed by atoms with Crippen molar-refractivity contribution in [2.24, 2.45) is 0 Å². The van der Waals surface area contributed by atoms with E-state index in [-0.39, 0.29) is 0 Å². The lowest BCUT2D eigenvalue weighted by Gasteiger charge is -1.86. The smallest absolute Gasteiger partial charge is 0.0944 e. The molecule has 1 rings (SSSR count). The van der Waals surface area contributed by atoms with Gasteiger partial charge in [-0.2, -0.15) is 0 Å². The molecule has 1 fully saturated rings. The monoisotopic (exact) mass is 166 g/mol. The van der Waals surface area contributed by atoms with Crippen LogP contribution in [0, 0.1) is 0 Å². The molecular formula is C7H15ClO2. The van der Waals surface area contributed by atoms with Crippen LogP contribution in [-0.2, 0) is 9.47 Å². The van der Waals surface area contributed by atoms with Crippen molar-refractivity contribution in [3.63, 3.8) is 0 Å². The predicted octanol–water partition coefficient (Wildman–Crippen LogP) is 1.67. The highest BCUT2D eigenvalue weighted by Gasteiger charge is 2.19. The van der Waals surface area contributed by atoms with Crippen molar-refractivity contribution in [2.45, 2.75) is 20.0 Å². The van der Waals surface area contributed by atoms with Crippen LogP contribution in [0.25, 0.3) is 0 Å². The molecule has 0 aromatic heterocycles. The van der Waals surface area contributed by atoms with Gasteiger partial charge in [0.15, 0.2) is 0 Å². The first-order chi connectivity index (χ1) is 4.85. The third-order valence-corrected chi connectivity index (χ3v) is 1.33. The van der Waals surface area contributed by atoms with Crippen LogP contribution in [0.3, 0.4) is 0 Å². The third kappa shape index (κ3) is 8.21. The summed E-state index contributed by atoms with van der Waals surface area (Å²) < 4.78 is 9.56. The van der Waals surface area contributed by atoms with E-state index in [2.05, 4.69) is 0 Å². The third-order valence-electron chi connectivity index (χ3n) is 0.983. The van der Waals surface area contributed by atoms with Gasteiger partial charge in [0, 0.05) is 13.2 Å². The van der Waals surface area contributed by atoms with E-state index in [1.165, 1.54) is 0 Å². The van der Waals surface area contributed by atoms with Gasteiger partial charge >= 0.3 is 0 Å². The normalized spacial score (nSPS) is 21.3. The van der Waals surface area contributed by atoms with Gasteiger partial charge < -0.3 is 9.47 Å². The Morgan fingerprint density at radius 3 is 2.00 bits per heavy atom. The SMILES string of the molecule is CCOCC.ClCC1CO1. The van der Waals surface area contributed by atoms with Crippen LogP contribution in [0.4, 0.5) is 0 Å². The molecule has 0 aliphatic carbocycles. The van der Waals surface area contributed by atoms with Gasteiger partial charge in [-0.3, -0.25) is 0 Å². The van der Waals surface area contributed by atoms with E-state index in [0.29, 0.717) is 12.0 Å². The van der Waals surface area contributed by atoms with Crippen LogP contribution in [0.2, 0.25) is 0 Å². The van der Waals surface area contributed by atoms with Gasteiger partial charge in [-0.25, -0.2) is 0 Å². The lowest BCUT2D eigenvalue weighted by molar-refractivity contribution is 0.162. The predicted molar refractivity (Wildman–Crippen MR) is 42.6 cm³/mol. The number of ether oxygens (including phenoxy) is 2. The molecule has 62 valence electrons. The van der Waals surface area contributed by atoms with Gasteiger partial charge in [0.05, 0.1) is 18.6 Å². The number of hydrogen-bond acceptors (Lipinski definition) is 2. The molecule has 1 atom stereocenters. The van der Waals surface area contributed by atoms with Crippen LogP contribution in [0.5, 0.6) is 0 Å². The minimum atomic E-state index is 0.400. The Kier molecular flexibility index (Phi) is 7.47. The second-order valence-corrected chi connectivity index (χ2v) is 2.20. The van der Waals surface area contributed by atoms with Gasteiger partial charge in [0.25, 0.3) is 0 Å². The highest BCUT2D eigenvalue weighted by Crippen LogP contribution is 2.08. The van der Waals surface area contributed by atoms with Crippen LogP contribution in [0.1, 0.15) is 13.8 Å². The van der Waals surface area contributed by atoms with Crippen LogP contribution >= 0.6 is 11.6 Å². The molecule has 0 aromatic carbocycles. The first-order valence-electron chi connectivity index (χ1n) is 3.60. The number of rotatable bonds is 3. The second kappa shape index (κ2) is 7.32. The fourth-order valence-corrected chi connectivity index (χ4v) is 0.539.